The summed E-state index contributed by atoms with van der Waals surface area (Å²) >= 11 is 0. The molecule has 0 fully saturated rings. The number of benzene rings is 12. The van der Waals surface area contributed by atoms with Crippen LogP contribution in [0.4, 0.5) is 34.1 Å². The summed E-state index contributed by atoms with van der Waals surface area (Å²) in [4.78, 5) is 4.94. The molecule has 370 valence electrons. The van der Waals surface area contributed by atoms with Gasteiger partial charge in [-0.25, -0.2) is 0 Å². The Kier molecular flexibility index (Phi) is 9.69. The first kappa shape index (κ1) is 44.6. The van der Waals surface area contributed by atoms with Gasteiger partial charge in [-0.3, -0.25) is 0 Å². The first-order valence-electron chi connectivity index (χ1n) is 27.4. The van der Waals surface area contributed by atoms with Crippen LogP contribution in [0.25, 0.3) is 87.7 Å². The van der Waals surface area contributed by atoms with Gasteiger partial charge in [0.25, 0.3) is 0 Å². The van der Waals surface area contributed by atoms with Crippen molar-refractivity contribution in [1.29, 1.82) is 0 Å². The molecule has 12 aromatic carbocycles. The molecule has 0 amide bonds. The number of furan rings is 2. The molecule has 0 radical (unpaired) electrons. The van der Waals surface area contributed by atoms with Crippen LogP contribution in [0, 0.1) is 0 Å². The molecule has 4 heteroatoms. The molecule has 2 aromatic heterocycles. The van der Waals surface area contributed by atoms with E-state index in [-0.39, 0.29) is 0 Å². The zero-order valence-corrected chi connectivity index (χ0v) is 43.6. The third-order valence-corrected chi connectivity index (χ3v) is 17.2. The van der Waals surface area contributed by atoms with E-state index in [0.29, 0.717) is 5.92 Å². The molecule has 0 aliphatic heterocycles. The highest BCUT2D eigenvalue weighted by atomic mass is 16.3. The molecule has 0 unspecified atom stereocenters. The van der Waals surface area contributed by atoms with Crippen LogP contribution >= 0.6 is 0 Å². The summed E-state index contributed by atoms with van der Waals surface area (Å²) in [7, 11) is 0. The van der Waals surface area contributed by atoms with Crippen molar-refractivity contribution in [3.8, 4) is 22.3 Å². The lowest BCUT2D eigenvalue weighted by molar-refractivity contribution is 0.669. The maximum absolute atomic E-state index is 6.97. The predicted octanol–water partition coefficient (Wildman–Crippen LogP) is 20.8. The van der Waals surface area contributed by atoms with Crippen LogP contribution in [0.5, 0.6) is 0 Å². The molecule has 2 aliphatic rings. The fraction of sp³-hybridized carbons (Fsp3) is 0.0811. The second-order valence-corrected chi connectivity index (χ2v) is 21.5. The third-order valence-electron chi connectivity index (χ3n) is 17.2. The van der Waals surface area contributed by atoms with Crippen molar-refractivity contribution in [2.75, 3.05) is 9.80 Å². The largest absolute Gasteiger partial charge is 0.454 e. The minimum Gasteiger partial charge on any atom is -0.454 e. The molecule has 16 rings (SSSR count). The summed E-state index contributed by atoms with van der Waals surface area (Å²) in [6.07, 6.45) is 0.949. The smallest absolute Gasteiger partial charge is 0.159 e. The molecule has 0 atom stereocenters. The highest BCUT2D eigenvalue weighted by Crippen LogP contribution is 2.67. The second-order valence-electron chi connectivity index (χ2n) is 21.5. The minimum absolute atomic E-state index is 0.381. The van der Waals surface area contributed by atoms with Crippen molar-refractivity contribution in [2.24, 2.45) is 0 Å². The fourth-order valence-corrected chi connectivity index (χ4v) is 13.7. The van der Waals surface area contributed by atoms with E-state index in [0.717, 1.165) is 95.2 Å². The van der Waals surface area contributed by atoms with Crippen LogP contribution in [-0.2, 0) is 11.8 Å². The highest BCUT2D eigenvalue weighted by Gasteiger charge is 2.53. The van der Waals surface area contributed by atoms with E-state index in [1.807, 2.05) is 0 Å². The van der Waals surface area contributed by atoms with Gasteiger partial charge in [0.05, 0.1) is 28.2 Å². The van der Waals surface area contributed by atoms with Crippen LogP contribution in [0.1, 0.15) is 60.1 Å². The average molecular weight is 1000 g/mol. The lowest BCUT2D eigenvalue weighted by atomic mass is 9.70. The van der Waals surface area contributed by atoms with E-state index >= 15 is 0 Å². The summed E-state index contributed by atoms with van der Waals surface area (Å²) in [5.41, 5.74) is 21.7. The van der Waals surface area contributed by atoms with Crippen molar-refractivity contribution >= 4 is 99.5 Å². The maximum atomic E-state index is 6.97. The summed E-state index contributed by atoms with van der Waals surface area (Å²) in [5, 5.41) is 9.09. The fourth-order valence-electron chi connectivity index (χ4n) is 13.7. The lowest BCUT2D eigenvalue weighted by Gasteiger charge is -2.34. The Morgan fingerprint density at radius 2 is 0.756 bits per heavy atom. The van der Waals surface area contributed by atoms with Crippen LogP contribution in [-0.4, -0.2) is 0 Å². The Morgan fingerprint density at radius 3 is 1.22 bits per heavy atom. The van der Waals surface area contributed by atoms with Gasteiger partial charge in [-0.1, -0.05) is 203 Å². The van der Waals surface area contributed by atoms with Crippen LogP contribution in [0.15, 0.2) is 251 Å². The molecule has 2 aliphatic carbocycles. The van der Waals surface area contributed by atoms with Crippen LogP contribution in [0.2, 0.25) is 0 Å². The van der Waals surface area contributed by atoms with Gasteiger partial charge < -0.3 is 18.6 Å². The van der Waals surface area contributed by atoms with Crippen molar-refractivity contribution in [1.82, 2.24) is 0 Å². The second kappa shape index (κ2) is 16.9. The van der Waals surface area contributed by atoms with E-state index in [4.69, 9.17) is 8.83 Å². The Hall–Kier alpha value is -9.64. The first-order chi connectivity index (χ1) is 38.5. The quantitative estimate of drug-likeness (QED) is 0.152. The standard InChI is InChI=1S/C74H52N2O2/c1-4-46-35-39-48(40-36-46)75(64-31-17-27-58-54-23-11-15-33-68(54)77-72(58)64)66-43-62-70(56-25-7-5-21-52(56)66)71-57-26-8-6-22-53(57)67(44-63(71)74(62)60-29-13-9-19-50(60)51-20-10-14-30-61(51)74)76(49-41-37-47(38-42-49)45(2)3)65-32-18-28-59-55-24-12-16-34-69(55)78-73(59)65/h5-45H,4H2,1-3H3. The molecular weight excluding hydrogens is 949 g/mol. The minimum atomic E-state index is -0.739. The van der Waals surface area contributed by atoms with Crippen molar-refractivity contribution in [2.45, 2.75) is 38.5 Å². The third kappa shape index (κ3) is 6.17. The van der Waals surface area contributed by atoms with Gasteiger partial charge in [0.2, 0.25) is 0 Å². The molecular formula is C74H52N2O2. The Labute approximate surface area is 452 Å². The van der Waals surface area contributed by atoms with Crippen LogP contribution in [0.3, 0.4) is 0 Å². The molecule has 1 spiro atoms. The average Bonchev–Trinajstić information content (AvgIpc) is 4.43. The number of aryl methyl sites for hydroxylation is 1. The van der Waals surface area contributed by atoms with Gasteiger partial charge >= 0.3 is 0 Å². The molecule has 2 heterocycles. The first-order valence-corrected chi connectivity index (χ1v) is 27.4. The monoisotopic (exact) mass is 1000 g/mol. The number of para-hydroxylation sites is 4. The Bertz CT molecular complexity index is 4720. The molecule has 0 N–H and O–H groups in total. The van der Waals surface area contributed by atoms with Crippen molar-refractivity contribution < 1.29 is 8.83 Å². The van der Waals surface area contributed by atoms with Crippen molar-refractivity contribution in [3.63, 3.8) is 0 Å². The molecule has 78 heavy (non-hydrogen) atoms. The topological polar surface area (TPSA) is 32.8 Å². The highest BCUT2D eigenvalue weighted by molar-refractivity contribution is 6.21. The zero-order valence-electron chi connectivity index (χ0n) is 43.6. The van der Waals surface area contributed by atoms with Gasteiger partial charge in [0.1, 0.15) is 11.2 Å². The van der Waals surface area contributed by atoms with E-state index in [1.54, 1.807) is 0 Å². The SMILES string of the molecule is CCc1ccc(N(c2cc3c(c4ccccc24)-c2c(cc(N(c4ccc(C(C)C)cc4)c4cccc5c4oc4ccccc45)c4ccccc24)C32c3ccccc3-c3ccccc32)c2cccc3c2oc2ccccc23)cc1. The van der Waals surface area contributed by atoms with Gasteiger partial charge in [0.15, 0.2) is 11.2 Å². The number of nitrogens with zero attached hydrogens (tertiary/aromatic N) is 2. The van der Waals surface area contributed by atoms with Crippen molar-refractivity contribution in [3.05, 3.63) is 276 Å². The number of hydrogen-bond acceptors (Lipinski definition) is 4. The number of hydrogen-bond donors (Lipinski definition) is 0. The van der Waals surface area contributed by atoms with E-state index < -0.39 is 5.41 Å². The number of rotatable bonds is 8. The van der Waals surface area contributed by atoms with E-state index in [2.05, 4.69) is 273 Å². The lowest BCUT2D eigenvalue weighted by Crippen LogP contribution is -2.26. The summed E-state index contributed by atoms with van der Waals surface area (Å²) in [6.45, 7) is 6.75. The maximum Gasteiger partial charge on any atom is 0.159 e. The number of anilines is 6. The van der Waals surface area contributed by atoms with Gasteiger partial charge in [-0.2, -0.15) is 0 Å². The van der Waals surface area contributed by atoms with E-state index in [1.165, 1.54) is 66.4 Å². The molecule has 0 saturated heterocycles. The zero-order chi connectivity index (χ0) is 51.8. The Morgan fingerprint density at radius 1 is 0.359 bits per heavy atom. The van der Waals surface area contributed by atoms with E-state index in [9.17, 15) is 0 Å². The summed E-state index contributed by atoms with van der Waals surface area (Å²) < 4.78 is 13.9. The molecule has 0 saturated carbocycles. The molecule has 0 bridgehead atoms. The van der Waals surface area contributed by atoms with Gasteiger partial charge in [0, 0.05) is 43.7 Å². The van der Waals surface area contributed by atoms with Gasteiger partial charge in [-0.15, -0.1) is 0 Å². The molecule has 4 nitrogen and oxygen atoms in total. The van der Waals surface area contributed by atoms with Gasteiger partial charge in [-0.05, 0) is 139 Å². The van der Waals surface area contributed by atoms with Crippen LogP contribution < -0.4 is 9.80 Å². The predicted molar refractivity (Wildman–Crippen MR) is 325 cm³/mol. The molecule has 14 aromatic rings. The Balaban J connectivity index is 1.05. The summed E-state index contributed by atoms with van der Waals surface area (Å²) in [6, 6.07) is 90.1. The summed E-state index contributed by atoms with van der Waals surface area (Å²) in [5.74, 6) is 0.381. The normalized spacial score (nSPS) is 13.1. The number of fused-ring (bicyclic) bond motifs is 20.